The van der Waals surface area contributed by atoms with E-state index in [0.717, 1.165) is 12.0 Å². The van der Waals surface area contributed by atoms with Crippen molar-refractivity contribution in [3.8, 4) is 0 Å². The van der Waals surface area contributed by atoms with Gasteiger partial charge in [0.1, 0.15) is 6.10 Å². The number of oxime groups is 1. The van der Waals surface area contributed by atoms with Crippen LogP contribution in [0.1, 0.15) is 24.8 Å². The summed E-state index contributed by atoms with van der Waals surface area (Å²) >= 11 is 0. The molecule has 1 amide bonds. The van der Waals surface area contributed by atoms with Gasteiger partial charge in [0.15, 0.2) is 5.84 Å². The molecule has 0 aliphatic carbocycles. The number of amides is 1. The minimum Gasteiger partial charge on any atom is -0.409 e. The van der Waals surface area contributed by atoms with E-state index < -0.39 is 6.10 Å². The van der Waals surface area contributed by atoms with Crippen LogP contribution >= 0.6 is 0 Å². The van der Waals surface area contributed by atoms with Crippen molar-refractivity contribution >= 4 is 11.7 Å². The maximum Gasteiger partial charge on any atom is 0.230 e. The number of hydrogen-bond donors (Lipinski definition) is 2. The second-order valence-corrected chi connectivity index (χ2v) is 5.04. The first-order chi connectivity index (χ1) is 10.2. The standard InChI is InChI=1S/C15H21N3O3/c1-2-12(11-6-4-3-5-7-11)15(19)18-8-9-21-13(10-18)14(16)17-20/h3-7,12-13,20H,2,8-10H2,1H3,(H2,16,17). The average Bonchev–Trinajstić information content (AvgIpc) is 2.55. The number of carbonyl (C=O) groups excluding carboxylic acids is 1. The van der Waals surface area contributed by atoms with Crippen LogP contribution in [0.3, 0.4) is 0 Å². The topological polar surface area (TPSA) is 88.2 Å². The Morgan fingerprint density at radius 2 is 2.24 bits per heavy atom. The van der Waals surface area contributed by atoms with Crippen molar-refractivity contribution in [2.75, 3.05) is 19.7 Å². The first-order valence-electron chi connectivity index (χ1n) is 7.10. The van der Waals surface area contributed by atoms with Crippen molar-refractivity contribution in [1.82, 2.24) is 4.90 Å². The molecule has 114 valence electrons. The van der Waals surface area contributed by atoms with E-state index in [-0.39, 0.29) is 17.7 Å². The quantitative estimate of drug-likeness (QED) is 0.377. The van der Waals surface area contributed by atoms with Crippen molar-refractivity contribution in [1.29, 1.82) is 0 Å². The summed E-state index contributed by atoms with van der Waals surface area (Å²) in [6, 6.07) is 9.73. The van der Waals surface area contributed by atoms with Crippen molar-refractivity contribution in [2.24, 2.45) is 10.9 Å². The Morgan fingerprint density at radius 1 is 1.52 bits per heavy atom. The maximum absolute atomic E-state index is 12.7. The largest absolute Gasteiger partial charge is 0.409 e. The van der Waals surface area contributed by atoms with Crippen LogP contribution in [0.4, 0.5) is 0 Å². The molecule has 1 aliphatic rings. The van der Waals surface area contributed by atoms with Crippen LogP contribution in [0.2, 0.25) is 0 Å². The van der Waals surface area contributed by atoms with Crippen LogP contribution in [0.5, 0.6) is 0 Å². The molecular weight excluding hydrogens is 270 g/mol. The van der Waals surface area contributed by atoms with Gasteiger partial charge in [-0.05, 0) is 12.0 Å². The molecule has 2 rings (SSSR count). The summed E-state index contributed by atoms with van der Waals surface area (Å²) in [5.41, 5.74) is 6.58. The Balaban J connectivity index is 2.11. The third kappa shape index (κ3) is 3.52. The van der Waals surface area contributed by atoms with E-state index in [1.54, 1.807) is 4.90 Å². The van der Waals surface area contributed by atoms with Crippen LogP contribution in [0.25, 0.3) is 0 Å². The fourth-order valence-corrected chi connectivity index (χ4v) is 2.55. The highest BCUT2D eigenvalue weighted by atomic mass is 16.5. The van der Waals surface area contributed by atoms with Gasteiger partial charge >= 0.3 is 0 Å². The molecule has 0 bridgehead atoms. The zero-order valence-electron chi connectivity index (χ0n) is 12.1. The summed E-state index contributed by atoms with van der Waals surface area (Å²) < 4.78 is 5.42. The molecule has 1 aliphatic heterocycles. The van der Waals surface area contributed by atoms with E-state index in [4.69, 9.17) is 15.7 Å². The lowest BCUT2D eigenvalue weighted by atomic mass is 9.94. The van der Waals surface area contributed by atoms with E-state index in [1.807, 2.05) is 37.3 Å². The second-order valence-electron chi connectivity index (χ2n) is 5.04. The van der Waals surface area contributed by atoms with Gasteiger partial charge in [0.05, 0.1) is 19.1 Å². The molecule has 3 N–H and O–H groups in total. The highest BCUT2D eigenvalue weighted by molar-refractivity contribution is 5.87. The van der Waals surface area contributed by atoms with Crippen LogP contribution in [0, 0.1) is 0 Å². The van der Waals surface area contributed by atoms with Gasteiger partial charge in [-0.2, -0.15) is 0 Å². The van der Waals surface area contributed by atoms with Crippen LogP contribution < -0.4 is 5.73 Å². The SMILES string of the molecule is CCC(C(=O)N1CCOC(C(N)=NO)C1)c1ccccc1. The molecule has 2 atom stereocenters. The molecule has 1 saturated heterocycles. The number of ether oxygens (including phenoxy) is 1. The van der Waals surface area contributed by atoms with Crippen molar-refractivity contribution in [3.05, 3.63) is 35.9 Å². The van der Waals surface area contributed by atoms with Crippen LogP contribution in [-0.4, -0.2) is 47.7 Å². The molecule has 6 nitrogen and oxygen atoms in total. The Hall–Kier alpha value is -2.08. The summed E-state index contributed by atoms with van der Waals surface area (Å²) in [7, 11) is 0. The van der Waals surface area contributed by atoms with Gasteiger partial charge in [-0.15, -0.1) is 0 Å². The first-order valence-corrected chi connectivity index (χ1v) is 7.10. The third-order valence-corrected chi connectivity index (χ3v) is 3.73. The third-order valence-electron chi connectivity index (χ3n) is 3.73. The average molecular weight is 291 g/mol. The van der Waals surface area contributed by atoms with Crippen molar-refractivity contribution < 1.29 is 14.7 Å². The molecule has 1 aromatic rings. The van der Waals surface area contributed by atoms with Gasteiger partial charge in [0, 0.05) is 6.54 Å². The van der Waals surface area contributed by atoms with E-state index in [9.17, 15) is 4.79 Å². The zero-order valence-corrected chi connectivity index (χ0v) is 12.1. The van der Waals surface area contributed by atoms with Gasteiger partial charge in [-0.3, -0.25) is 4.79 Å². The van der Waals surface area contributed by atoms with Crippen LogP contribution in [-0.2, 0) is 9.53 Å². The molecule has 0 spiro atoms. The molecule has 0 radical (unpaired) electrons. The van der Waals surface area contributed by atoms with Gasteiger partial charge < -0.3 is 20.6 Å². The molecule has 21 heavy (non-hydrogen) atoms. The van der Waals surface area contributed by atoms with Crippen LogP contribution in [0.15, 0.2) is 35.5 Å². The smallest absolute Gasteiger partial charge is 0.230 e. The number of carbonyl (C=O) groups is 1. The lowest BCUT2D eigenvalue weighted by Crippen LogP contribution is -2.51. The Kier molecular flexibility index (Phi) is 5.16. The number of rotatable bonds is 4. The van der Waals surface area contributed by atoms with Crippen molar-refractivity contribution in [3.63, 3.8) is 0 Å². The minimum atomic E-state index is -0.541. The van der Waals surface area contributed by atoms with E-state index in [2.05, 4.69) is 5.16 Å². The lowest BCUT2D eigenvalue weighted by molar-refractivity contribution is -0.138. The second kappa shape index (κ2) is 7.08. The van der Waals surface area contributed by atoms with E-state index >= 15 is 0 Å². The number of nitrogens with two attached hydrogens (primary N) is 1. The summed E-state index contributed by atoms with van der Waals surface area (Å²) in [6.45, 7) is 3.23. The number of amidine groups is 1. The molecular formula is C15H21N3O3. The Labute approximate surface area is 124 Å². The zero-order chi connectivity index (χ0) is 15.2. The van der Waals surface area contributed by atoms with Gasteiger partial charge in [-0.1, -0.05) is 42.4 Å². The summed E-state index contributed by atoms with van der Waals surface area (Å²) in [5, 5.41) is 11.7. The predicted octanol–water partition coefficient (Wildman–Crippen LogP) is 1.15. The van der Waals surface area contributed by atoms with Gasteiger partial charge in [-0.25, -0.2) is 0 Å². The first kappa shape index (κ1) is 15.3. The highest BCUT2D eigenvalue weighted by Gasteiger charge is 2.31. The molecule has 1 heterocycles. The van der Waals surface area contributed by atoms with Gasteiger partial charge in [0.25, 0.3) is 0 Å². The monoisotopic (exact) mass is 291 g/mol. The number of morpholine rings is 1. The van der Waals surface area contributed by atoms with E-state index in [0.29, 0.717) is 19.7 Å². The van der Waals surface area contributed by atoms with E-state index in [1.165, 1.54) is 0 Å². The number of nitrogens with zero attached hydrogens (tertiary/aromatic N) is 2. The molecule has 0 aromatic heterocycles. The number of hydrogen-bond acceptors (Lipinski definition) is 4. The molecule has 0 saturated carbocycles. The Bertz CT molecular complexity index is 504. The summed E-state index contributed by atoms with van der Waals surface area (Å²) in [4.78, 5) is 14.4. The predicted molar refractivity (Wildman–Crippen MR) is 79.2 cm³/mol. The summed E-state index contributed by atoms with van der Waals surface area (Å²) in [6.07, 6.45) is 0.190. The fourth-order valence-electron chi connectivity index (χ4n) is 2.55. The summed E-state index contributed by atoms with van der Waals surface area (Å²) in [5.74, 6) is -0.111. The Morgan fingerprint density at radius 3 is 2.86 bits per heavy atom. The molecule has 2 unspecified atom stereocenters. The highest BCUT2D eigenvalue weighted by Crippen LogP contribution is 2.23. The molecule has 1 fully saturated rings. The molecule has 6 heteroatoms. The fraction of sp³-hybridized carbons (Fsp3) is 0.467. The lowest BCUT2D eigenvalue weighted by Gasteiger charge is -2.34. The number of benzene rings is 1. The van der Waals surface area contributed by atoms with Gasteiger partial charge in [0.2, 0.25) is 5.91 Å². The molecule has 1 aromatic carbocycles. The maximum atomic E-state index is 12.7. The van der Waals surface area contributed by atoms with Crippen molar-refractivity contribution in [2.45, 2.75) is 25.4 Å². The minimum absolute atomic E-state index is 0.000240. The normalized spacial score (nSPS) is 21.1.